The van der Waals surface area contributed by atoms with Crippen molar-refractivity contribution >= 4 is 22.5 Å². The van der Waals surface area contributed by atoms with Gasteiger partial charge in [-0.2, -0.15) is 0 Å². The van der Waals surface area contributed by atoms with E-state index in [1.54, 1.807) is 11.8 Å². The maximum absolute atomic E-state index is 5.83. The maximum Gasteiger partial charge on any atom is 0.195 e. The van der Waals surface area contributed by atoms with Crippen molar-refractivity contribution in [3.63, 3.8) is 0 Å². The largest absolute Gasteiger partial charge is 0.377 e. The molecule has 0 N–H and O–H groups in total. The van der Waals surface area contributed by atoms with Gasteiger partial charge in [-0.3, -0.25) is 4.57 Å². The predicted octanol–water partition coefficient (Wildman–Crippen LogP) is 5.90. The SMILES string of the molecule is Cc1ccc(-n2c(Cc3cccc4ccccc34)nnc2SC[C@H]2CCCO2)c(C)c1. The van der Waals surface area contributed by atoms with Crippen LogP contribution in [-0.4, -0.2) is 33.2 Å². The van der Waals surface area contributed by atoms with Crippen LogP contribution < -0.4 is 0 Å². The molecule has 158 valence electrons. The molecule has 1 saturated heterocycles. The standard InChI is InChI=1S/C26H27N3OS/c1-18-12-13-24(19(2)15-18)29-25(27-28-26(29)31-17-22-10-6-14-30-22)16-21-9-5-8-20-7-3-4-11-23(20)21/h3-5,7-9,11-13,15,22H,6,10,14,16-17H2,1-2H3/t22-/m1/s1. The van der Waals surface area contributed by atoms with Crippen LogP contribution in [0, 0.1) is 13.8 Å². The molecule has 0 aliphatic carbocycles. The molecule has 4 aromatic rings. The molecule has 1 atom stereocenters. The Labute approximate surface area is 187 Å². The lowest BCUT2D eigenvalue weighted by Gasteiger charge is -2.15. The summed E-state index contributed by atoms with van der Waals surface area (Å²) in [6, 6.07) is 21.6. The van der Waals surface area contributed by atoms with Crippen LogP contribution in [0.4, 0.5) is 0 Å². The Balaban J connectivity index is 1.54. The molecule has 5 heteroatoms. The van der Waals surface area contributed by atoms with Crippen molar-refractivity contribution in [3.05, 3.63) is 83.2 Å². The molecule has 1 aliphatic rings. The number of hydrogen-bond donors (Lipinski definition) is 0. The Morgan fingerprint density at radius 1 is 1.03 bits per heavy atom. The van der Waals surface area contributed by atoms with E-state index in [2.05, 4.69) is 89.3 Å². The fourth-order valence-corrected chi connectivity index (χ4v) is 5.40. The van der Waals surface area contributed by atoms with Crippen LogP contribution in [0.3, 0.4) is 0 Å². The molecule has 0 spiro atoms. The first kappa shape index (κ1) is 20.3. The number of rotatable bonds is 6. The number of benzene rings is 3. The summed E-state index contributed by atoms with van der Waals surface area (Å²) in [5, 5.41) is 12.7. The highest BCUT2D eigenvalue weighted by atomic mass is 32.2. The quantitative estimate of drug-likeness (QED) is 0.358. The van der Waals surface area contributed by atoms with Crippen molar-refractivity contribution in [2.24, 2.45) is 0 Å². The molecule has 4 nitrogen and oxygen atoms in total. The van der Waals surface area contributed by atoms with Gasteiger partial charge in [0.25, 0.3) is 0 Å². The zero-order valence-corrected chi connectivity index (χ0v) is 18.9. The smallest absolute Gasteiger partial charge is 0.195 e. The van der Waals surface area contributed by atoms with Gasteiger partial charge in [0.15, 0.2) is 5.16 Å². The van der Waals surface area contributed by atoms with E-state index in [0.29, 0.717) is 6.10 Å². The Morgan fingerprint density at radius 3 is 2.74 bits per heavy atom. The topological polar surface area (TPSA) is 39.9 Å². The summed E-state index contributed by atoms with van der Waals surface area (Å²) in [6.45, 7) is 5.17. The zero-order valence-electron chi connectivity index (χ0n) is 18.0. The van der Waals surface area contributed by atoms with Crippen molar-refractivity contribution in [1.29, 1.82) is 0 Å². The van der Waals surface area contributed by atoms with E-state index >= 15 is 0 Å². The van der Waals surface area contributed by atoms with E-state index in [4.69, 9.17) is 4.74 Å². The first-order valence-electron chi connectivity index (χ1n) is 10.9. The number of thioether (sulfide) groups is 1. The van der Waals surface area contributed by atoms with Crippen LogP contribution in [0.2, 0.25) is 0 Å². The van der Waals surface area contributed by atoms with Gasteiger partial charge >= 0.3 is 0 Å². The van der Waals surface area contributed by atoms with Crippen LogP contribution in [0.15, 0.2) is 65.8 Å². The second-order valence-electron chi connectivity index (χ2n) is 8.29. The molecule has 0 unspecified atom stereocenters. The minimum atomic E-state index is 0.316. The van der Waals surface area contributed by atoms with Gasteiger partial charge in [0.05, 0.1) is 11.8 Å². The highest BCUT2D eigenvalue weighted by Crippen LogP contribution is 2.29. The average Bonchev–Trinajstić information content (AvgIpc) is 3.43. The number of fused-ring (bicyclic) bond motifs is 1. The van der Waals surface area contributed by atoms with Gasteiger partial charge < -0.3 is 4.74 Å². The third kappa shape index (κ3) is 4.25. The summed E-state index contributed by atoms with van der Waals surface area (Å²) in [5.41, 5.74) is 4.92. The molecule has 31 heavy (non-hydrogen) atoms. The lowest BCUT2D eigenvalue weighted by Crippen LogP contribution is -2.10. The number of aromatic nitrogens is 3. The van der Waals surface area contributed by atoms with Gasteiger partial charge in [0, 0.05) is 18.8 Å². The van der Waals surface area contributed by atoms with Crippen molar-refractivity contribution in [2.45, 2.75) is 44.4 Å². The van der Waals surface area contributed by atoms with Gasteiger partial charge in [-0.1, -0.05) is 71.9 Å². The first-order valence-corrected chi connectivity index (χ1v) is 11.9. The highest BCUT2D eigenvalue weighted by Gasteiger charge is 2.21. The average molecular weight is 430 g/mol. The van der Waals surface area contributed by atoms with E-state index in [1.165, 1.54) is 27.5 Å². The molecule has 0 amide bonds. The van der Waals surface area contributed by atoms with Crippen LogP contribution >= 0.6 is 11.8 Å². The molecule has 2 heterocycles. The van der Waals surface area contributed by atoms with Crippen molar-refractivity contribution in [3.8, 4) is 5.69 Å². The van der Waals surface area contributed by atoms with Gasteiger partial charge in [-0.15, -0.1) is 10.2 Å². The number of nitrogens with zero attached hydrogens (tertiary/aromatic N) is 3. The molecule has 0 bridgehead atoms. The summed E-state index contributed by atoms with van der Waals surface area (Å²) in [6.07, 6.45) is 3.34. The highest BCUT2D eigenvalue weighted by molar-refractivity contribution is 7.99. The molecule has 1 fully saturated rings. The van der Waals surface area contributed by atoms with E-state index in [1.807, 2.05) is 0 Å². The second kappa shape index (κ2) is 8.85. The van der Waals surface area contributed by atoms with Gasteiger partial charge in [0.1, 0.15) is 5.82 Å². The Bertz CT molecular complexity index is 1210. The fourth-order valence-electron chi connectivity index (χ4n) is 4.37. The molecular weight excluding hydrogens is 402 g/mol. The van der Waals surface area contributed by atoms with E-state index in [9.17, 15) is 0 Å². The van der Waals surface area contributed by atoms with Gasteiger partial charge in [-0.25, -0.2) is 0 Å². The van der Waals surface area contributed by atoms with E-state index in [-0.39, 0.29) is 0 Å². The van der Waals surface area contributed by atoms with Crippen molar-refractivity contribution in [1.82, 2.24) is 14.8 Å². The van der Waals surface area contributed by atoms with Crippen LogP contribution in [0.5, 0.6) is 0 Å². The van der Waals surface area contributed by atoms with E-state index < -0.39 is 0 Å². The number of ether oxygens (including phenoxy) is 1. The van der Waals surface area contributed by atoms with Crippen LogP contribution in [0.1, 0.15) is 35.4 Å². The molecule has 5 rings (SSSR count). The molecule has 0 radical (unpaired) electrons. The Kier molecular flexibility index (Phi) is 5.79. The Morgan fingerprint density at radius 2 is 1.90 bits per heavy atom. The Hall–Kier alpha value is -2.63. The van der Waals surface area contributed by atoms with Gasteiger partial charge in [0.2, 0.25) is 0 Å². The summed E-state index contributed by atoms with van der Waals surface area (Å²) in [5.74, 6) is 1.88. The van der Waals surface area contributed by atoms with Crippen molar-refractivity contribution in [2.75, 3.05) is 12.4 Å². The normalized spacial score (nSPS) is 16.3. The van der Waals surface area contributed by atoms with Crippen LogP contribution in [-0.2, 0) is 11.2 Å². The molecule has 0 saturated carbocycles. The zero-order chi connectivity index (χ0) is 21.2. The van der Waals surface area contributed by atoms with Crippen molar-refractivity contribution < 1.29 is 4.74 Å². The van der Waals surface area contributed by atoms with Gasteiger partial charge in [-0.05, 0) is 54.7 Å². The first-order chi connectivity index (χ1) is 15.2. The van der Waals surface area contributed by atoms with Crippen LogP contribution in [0.25, 0.3) is 16.5 Å². The number of aryl methyl sites for hydroxylation is 2. The third-order valence-electron chi connectivity index (χ3n) is 5.94. The minimum absolute atomic E-state index is 0.316. The minimum Gasteiger partial charge on any atom is -0.377 e. The fraction of sp³-hybridized carbons (Fsp3) is 0.308. The lowest BCUT2D eigenvalue weighted by atomic mass is 10.0. The summed E-state index contributed by atoms with van der Waals surface area (Å²) in [7, 11) is 0. The predicted molar refractivity (Wildman–Crippen MR) is 127 cm³/mol. The molecule has 1 aliphatic heterocycles. The summed E-state index contributed by atoms with van der Waals surface area (Å²) >= 11 is 1.75. The molecule has 3 aromatic carbocycles. The molecule has 1 aromatic heterocycles. The molecular formula is C26H27N3OS. The summed E-state index contributed by atoms with van der Waals surface area (Å²) < 4.78 is 8.08. The second-order valence-corrected chi connectivity index (χ2v) is 9.27. The lowest BCUT2D eigenvalue weighted by molar-refractivity contribution is 0.129. The van der Waals surface area contributed by atoms with E-state index in [0.717, 1.165) is 48.3 Å². The maximum atomic E-state index is 5.83. The monoisotopic (exact) mass is 429 g/mol. The third-order valence-corrected chi connectivity index (χ3v) is 7.01. The number of hydrogen-bond acceptors (Lipinski definition) is 4. The summed E-state index contributed by atoms with van der Waals surface area (Å²) in [4.78, 5) is 0.